The number of rotatable bonds is 9. The fraction of sp³-hybridized carbons (Fsp3) is 0.480. The third-order valence-corrected chi connectivity index (χ3v) is 5.51. The van der Waals surface area contributed by atoms with E-state index in [9.17, 15) is 4.79 Å². The summed E-state index contributed by atoms with van der Waals surface area (Å²) in [7, 11) is 1.67. The number of hydrogen-bond donors (Lipinski definition) is 1. The molecule has 2 aromatic rings. The van der Waals surface area contributed by atoms with Crippen LogP contribution in [-0.2, 0) is 22.4 Å². The molecule has 1 aliphatic heterocycles. The number of nitrogens with zero attached hydrogens (tertiary/aromatic N) is 1. The fourth-order valence-electron chi connectivity index (χ4n) is 3.90. The van der Waals surface area contributed by atoms with Crippen molar-refractivity contribution >= 4 is 5.91 Å². The molecule has 0 aliphatic carbocycles. The summed E-state index contributed by atoms with van der Waals surface area (Å²) in [6.45, 7) is 8.20. The van der Waals surface area contributed by atoms with Crippen LogP contribution >= 0.6 is 0 Å². The molecular formula is C25H34N2O3. The number of carbonyl (C=O) groups excluding carboxylic acids is 1. The molecular weight excluding hydrogens is 376 g/mol. The zero-order valence-electron chi connectivity index (χ0n) is 18.4. The molecule has 0 spiro atoms. The average Bonchev–Trinajstić information content (AvgIpc) is 2.76. The van der Waals surface area contributed by atoms with E-state index in [1.165, 1.54) is 11.1 Å². The summed E-state index contributed by atoms with van der Waals surface area (Å²) in [5.41, 5.74) is 3.55. The zero-order chi connectivity index (χ0) is 21.3. The van der Waals surface area contributed by atoms with E-state index in [0.29, 0.717) is 18.9 Å². The quantitative estimate of drug-likeness (QED) is 0.686. The molecule has 1 unspecified atom stereocenters. The molecule has 0 bridgehead atoms. The molecule has 2 aromatic carbocycles. The van der Waals surface area contributed by atoms with Crippen molar-refractivity contribution < 1.29 is 14.3 Å². The molecule has 1 aliphatic rings. The van der Waals surface area contributed by atoms with Crippen molar-refractivity contribution in [3.05, 3.63) is 65.2 Å². The molecule has 1 amide bonds. The first-order chi connectivity index (χ1) is 14.5. The van der Waals surface area contributed by atoms with Crippen LogP contribution in [0.25, 0.3) is 0 Å². The summed E-state index contributed by atoms with van der Waals surface area (Å²) in [4.78, 5) is 15.0. The van der Waals surface area contributed by atoms with Gasteiger partial charge in [-0.25, -0.2) is 0 Å². The van der Waals surface area contributed by atoms with E-state index in [2.05, 4.69) is 60.5 Å². The van der Waals surface area contributed by atoms with Gasteiger partial charge in [-0.1, -0.05) is 50.2 Å². The fourth-order valence-corrected chi connectivity index (χ4v) is 3.90. The summed E-state index contributed by atoms with van der Waals surface area (Å²) in [5.74, 6) is 1.53. The summed E-state index contributed by atoms with van der Waals surface area (Å²) in [6, 6.07) is 16.6. The third-order valence-electron chi connectivity index (χ3n) is 5.51. The number of methoxy groups -OCH3 is 1. The second-order valence-corrected chi connectivity index (χ2v) is 8.33. The molecule has 5 heteroatoms. The predicted molar refractivity (Wildman–Crippen MR) is 120 cm³/mol. The van der Waals surface area contributed by atoms with Crippen LogP contribution in [-0.4, -0.2) is 50.8 Å². The monoisotopic (exact) mass is 410 g/mol. The Morgan fingerprint density at radius 3 is 2.27 bits per heavy atom. The standard InChI is InChI=1S/C25H34N2O3/c1-19(2)16-20-4-6-21(7-5-20)17-25(28)26-18-24(27-12-14-30-15-13-27)22-8-10-23(29-3)11-9-22/h4-11,19,24H,12-18H2,1-3H3,(H,26,28). The summed E-state index contributed by atoms with van der Waals surface area (Å²) in [5, 5.41) is 3.15. The van der Waals surface area contributed by atoms with Crippen molar-refractivity contribution in [1.82, 2.24) is 10.2 Å². The van der Waals surface area contributed by atoms with Crippen LogP contribution in [0.4, 0.5) is 0 Å². The van der Waals surface area contributed by atoms with Gasteiger partial charge in [-0.05, 0) is 41.2 Å². The molecule has 1 atom stereocenters. The molecule has 0 radical (unpaired) electrons. The van der Waals surface area contributed by atoms with Crippen LogP contribution in [0, 0.1) is 5.92 Å². The highest BCUT2D eigenvalue weighted by atomic mass is 16.5. The summed E-state index contributed by atoms with van der Waals surface area (Å²) < 4.78 is 10.8. The van der Waals surface area contributed by atoms with E-state index in [0.717, 1.165) is 44.0 Å². The van der Waals surface area contributed by atoms with Crippen LogP contribution in [0.3, 0.4) is 0 Å². The number of carbonyl (C=O) groups is 1. The first kappa shape index (κ1) is 22.3. The molecule has 1 saturated heterocycles. The minimum absolute atomic E-state index is 0.0541. The highest BCUT2D eigenvalue weighted by Gasteiger charge is 2.23. The lowest BCUT2D eigenvalue weighted by molar-refractivity contribution is -0.120. The van der Waals surface area contributed by atoms with Gasteiger partial charge in [0.2, 0.25) is 5.91 Å². The summed E-state index contributed by atoms with van der Waals surface area (Å²) in [6.07, 6.45) is 1.47. The van der Waals surface area contributed by atoms with Crippen molar-refractivity contribution in [3.8, 4) is 5.75 Å². The molecule has 162 valence electrons. The number of amides is 1. The van der Waals surface area contributed by atoms with Gasteiger partial charge in [-0.3, -0.25) is 9.69 Å². The number of benzene rings is 2. The first-order valence-electron chi connectivity index (χ1n) is 10.9. The van der Waals surface area contributed by atoms with Gasteiger partial charge in [-0.15, -0.1) is 0 Å². The number of ether oxygens (including phenoxy) is 2. The largest absolute Gasteiger partial charge is 0.497 e. The summed E-state index contributed by atoms with van der Waals surface area (Å²) >= 11 is 0. The SMILES string of the molecule is COc1ccc(C(CNC(=O)Cc2ccc(CC(C)C)cc2)N2CCOCC2)cc1. The number of nitrogens with one attached hydrogen (secondary N) is 1. The third kappa shape index (κ3) is 6.57. The molecule has 30 heavy (non-hydrogen) atoms. The lowest BCUT2D eigenvalue weighted by Crippen LogP contribution is -2.44. The van der Waals surface area contributed by atoms with Gasteiger partial charge >= 0.3 is 0 Å². The van der Waals surface area contributed by atoms with Gasteiger partial charge in [0, 0.05) is 19.6 Å². The van der Waals surface area contributed by atoms with Gasteiger partial charge in [0.15, 0.2) is 0 Å². The molecule has 1 N–H and O–H groups in total. The predicted octanol–water partition coefficient (Wildman–Crippen LogP) is 3.63. The first-order valence-corrected chi connectivity index (χ1v) is 10.9. The maximum Gasteiger partial charge on any atom is 0.224 e. The Kier molecular flexibility index (Phi) is 8.29. The maximum absolute atomic E-state index is 12.6. The normalized spacial score (nSPS) is 15.7. The van der Waals surface area contributed by atoms with Crippen molar-refractivity contribution in [2.45, 2.75) is 32.7 Å². The topological polar surface area (TPSA) is 50.8 Å². The smallest absolute Gasteiger partial charge is 0.224 e. The Hall–Kier alpha value is -2.37. The van der Waals surface area contributed by atoms with Gasteiger partial charge in [0.25, 0.3) is 0 Å². The van der Waals surface area contributed by atoms with Gasteiger partial charge in [-0.2, -0.15) is 0 Å². The van der Waals surface area contributed by atoms with Crippen molar-refractivity contribution in [3.63, 3.8) is 0 Å². The van der Waals surface area contributed by atoms with Crippen LogP contribution in [0.15, 0.2) is 48.5 Å². The van der Waals surface area contributed by atoms with Gasteiger partial charge < -0.3 is 14.8 Å². The van der Waals surface area contributed by atoms with Crippen LogP contribution in [0.1, 0.15) is 36.6 Å². The van der Waals surface area contributed by atoms with Crippen LogP contribution in [0.5, 0.6) is 5.75 Å². The van der Waals surface area contributed by atoms with E-state index in [1.54, 1.807) is 7.11 Å². The highest BCUT2D eigenvalue weighted by molar-refractivity contribution is 5.78. The second kappa shape index (κ2) is 11.1. The van der Waals surface area contributed by atoms with E-state index in [1.807, 2.05) is 12.1 Å². The lowest BCUT2D eigenvalue weighted by atomic mass is 10.0. The maximum atomic E-state index is 12.6. The second-order valence-electron chi connectivity index (χ2n) is 8.33. The molecule has 0 saturated carbocycles. The van der Waals surface area contributed by atoms with Gasteiger partial charge in [0.1, 0.15) is 5.75 Å². The Labute approximate surface area is 180 Å². The zero-order valence-corrected chi connectivity index (χ0v) is 18.4. The Bertz CT molecular complexity index is 781. The minimum Gasteiger partial charge on any atom is -0.497 e. The van der Waals surface area contributed by atoms with E-state index in [4.69, 9.17) is 9.47 Å². The van der Waals surface area contributed by atoms with Crippen molar-refractivity contribution in [1.29, 1.82) is 0 Å². The van der Waals surface area contributed by atoms with E-state index >= 15 is 0 Å². The van der Waals surface area contributed by atoms with E-state index < -0.39 is 0 Å². The Balaban J connectivity index is 1.60. The van der Waals surface area contributed by atoms with Crippen LogP contribution < -0.4 is 10.1 Å². The molecule has 1 heterocycles. The van der Waals surface area contributed by atoms with Crippen molar-refractivity contribution in [2.24, 2.45) is 5.92 Å². The van der Waals surface area contributed by atoms with Crippen molar-refractivity contribution in [2.75, 3.05) is 40.0 Å². The molecule has 5 nitrogen and oxygen atoms in total. The number of morpholine rings is 1. The van der Waals surface area contributed by atoms with Crippen LogP contribution in [0.2, 0.25) is 0 Å². The number of hydrogen-bond acceptors (Lipinski definition) is 4. The minimum atomic E-state index is 0.0541. The van der Waals surface area contributed by atoms with Gasteiger partial charge in [0.05, 0.1) is 32.8 Å². The lowest BCUT2D eigenvalue weighted by Gasteiger charge is -2.35. The average molecular weight is 411 g/mol. The molecule has 0 aromatic heterocycles. The molecule has 3 rings (SSSR count). The Morgan fingerprint density at radius 1 is 1.03 bits per heavy atom. The Morgan fingerprint density at radius 2 is 1.67 bits per heavy atom. The highest BCUT2D eigenvalue weighted by Crippen LogP contribution is 2.23. The molecule has 1 fully saturated rings. The van der Waals surface area contributed by atoms with E-state index in [-0.39, 0.29) is 11.9 Å².